The van der Waals surface area contributed by atoms with E-state index >= 15 is 0 Å². The first-order chi connectivity index (χ1) is 9.90. The molecule has 0 bridgehead atoms. The summed E-state index contributed by atoms with van der Waals surface area (Å²) < 4.78 is 27.0. The summed E-state index contributed by atoms with van der Waals surface area (Å²) in [4.78, 5) is 2.18. The van der Waals surface area contributed by atoms with Gasteiger partial charge in [0.1, 0.15) is 0 Å². The van der Waals surface area contributed by atoms with Crippen LogP contribution in [0.2, 0.25) is 0 Å². The van der Waals surface area contributed by atoms with Crippen LogP contribution in [0.25, 0.3) is 0 Å². The molecule has 0 saturated carbocycles. The van der Waals surface area contributed by atoms with Crippen LogP contribution >= 0.6 is 0 Å². The van der Waals surface area contributed by atoms with E-state index in [2.05, 4.69) is 23.5 Å². The van der Waals surface area contributed by atoms with E-state index in [0.717, 1.165) is 13.1 Å². The van der Waals surface area contributed by atoms with Crippen LogP contribution in [-0.2, 0) is 15.8 Å². The van der Waals surface area contributed by atoms with Crippen LogP contribution in [0.3, 0.4) is 0 Å². The van der Waals surface area contributed by atoms with Crippen LogP contribution in [0.5, 0.6) is 0 Å². The molecule has 0 heterocycles. The van der Waals surface area contributed by atoms with Crippen molar-refractivity contribution in [3.8, 4) is 6.07 Å². The van der Waals surface area contributed by atoms with Gasteiger partial charge in [-0.3, -0.25) is 0 Å². The SMILES string of the molecule is CCN(CC)CC(C)NS(=O)(=O)Cc1ccc(C#N)cc1. The lowest BCUT2D eigenvalue weighted by Gasteiger charge is -2.23. The van der Waals surface area contributed by atoms with Crippen molar-refractivity contribution in [1.29, 1.82) is 5.26 Å². The van der Waals surface area contributed by atoms with Gasteiger partial charge in [-0.05, 0) is 37.7 Å². The van der Waals surface area contributed by atoms with Gasteiger partial charge < -0.3 is 4.90 Å². The Labute approximate surface area is 127 Å². The Kier molecular flexibility index (Phi) is 6.82. The fourth-order valence-electron chi connectivity index (χ4n) is 2.15. The molecule has 0 spiro atoms. The van der Waals surface area contributed by atoms with Crippen LogP contribution in [0.1, 0.15) is 31.9 Å². The van der Waals surface area contributed by atoms with Crippen LogP contribution in [0, 0.1) is 11.3 Å². The molecule has 1 aromatic rings. The molecule has 5 nitrogen and oxygen atoms in total. The maximum Gasteiger partial charge on any atom is 0.216 e. The summed E-state index contributed by atoms with van der Waals surface area (Å²) in [5, 5.41) is 8.73. The van der Waals surface area contributed by atoms with E-state index in [1.165, 1.54) is 0 Å². The number of likely N-dealkylation sites (N-methyl/N-ethyl adjacent to an activating group) is 1. The number of benzene rings is 1. The standard InChI is InChI=1S/C15H23N3O2S/c1-4-18(5-2)11-13(3)17-21(19,20)12-15-8-6-14(10-16)7-9-15/h6-9,13,17H,4-5,11-12H2,1-3H3. The second-order valence-electron chi connectivity index (χ2n) is 5.07. The highest BCUT2D eigenvalue weighted by atomic mass is 32.2. The third kappa shape index (κ3) is 6.25. The van der Waals surface area contributed by atoms with E-state index in [-0.39, 0.29) is 11.8 Å². The van der Waals surface area contributed by atoms with Crippen molar-refractivity contribution in [2.24, 2.45) is 0 Å². The van der Waals surface area contributed by atoms with Gasteiger partial charge >= 0.3 is 0 Å². The first-order valence-electron chi connectivity index (χ1n) is 7.11. The van der Waals surface area contributed by atoms with Crippen LogP contribution in [0.15, 0.2) is 24.3 Å². The first kappa shape index (κ1) is 17.6. The summed E-state index contributed by atoms with van der Waals surface area (Å²) in [7, 11) is -3.38. The molecule has 6 heteroatoms. The van der Waals surface area contributed by atoms with Gasteiger partial charge in [0.25, 0.3) is 0 Å². The highest BCUT2D eigenvalue weighted by Crippen LogP contribution is 2.08. The van der Waals surface area contributed by atoms with Crippen molar-refractivity contribution in [1.82, 2.24) is 9.62 Å². The Morgan fingerprint density at radius 1 is 1.24 bits per heavy atom. The van der Waals surface area contributed by atoms with E-state index in [9.17, 15) is 8.42 Å². The highest BCUT2D eigenvalue weighted by molar-refractivity contribution is 7.88. The average molecular weight is 309 g/mol. The normalized spacial score (nSPS) is 13.1. The number of rotatable bonds is 8. The monoisotopic (exact) mass is 309 g/mol. The molecule has 1 N–H and O–H groups in total. The lowest BCUT2D eigenvalue weighted by molar-refractivity contribution is 0.282. The molecule has 0 aromatic heterocycles. The third-order valence-corrected chi connectivity index (χ3v) is 4.72. The van der Waals surface area contributed by atoms with Gasteiger partial charge in [0.15, 0.2) is 0 Å². The third-order valence-electron chi connectivity index (χ3n) is 3.25. The van der Waals surface area contributed by atoms with E-state index in [1.807, 2.05) is 13.0 Å². The van der Waals surface area contributed by atoms with Gasteiger partial charge in [-0.1, -0.05) is 26.0 Å². The van der Waals surface area contributed by atoms with Crippen LogP contribution < -0.4 is 4.72 Å². The summed E-state index contributed by atoms with van der Waals surface area (Å²) in [6.45, 7) is 8.48. The molecule has 0 amide bonds. The lowest BCUT2D eigenvalue weighted by atomic mass is 10.2. The number of nitriles is 1. The number of sulfonamides is 1. The lowest BCUT2D eigenvalue weighted by Crippen LogP contribution is -2.42. The predicted octanol–water partition coefficient (Wildman–Crippen LogP) is 1.71. The molecule has 0 fully saturated rings. The van der Waals surface area contributed by atoms with Gasteiger partial charge in [0, 0.05) is 12.6 Å². The Bertz CT molecular complexity index is 572. The van der Waals surface area contributed by atoms with Gasteiger partial charge in [0.05, 0.1) is 17.4 Å². The van der Waals surface area contributed by atoms with Crippen LogP contribution in [0.4, 0.5) is 0 Å². The Morgan fingerprint density at radius 3 is 2.29 bits per heavy atom. The molecule has 1 aromatic carbocycles. The van der Waals surface area contributed by atoms with Gasteiger partial charge in [-0.15, -0.1) is 0 Å². The molecular weight excluding hydrogens is 286 g/mol. The van der Waals surface area contributed by atoms with E-state index < -0.39 is 10.0 Å². The second kappa shape index (κ2) is 8.13. The fraction of sp³-hybridized carbons (Fsp3) is 0.533. The molecule has 0 radical (unpaired) electrons. The maximum absolute atomic E-state index is 12.1. The number of nitrogens with zero attached hydrogens (tertiary/aromatic N) is 2. The summed E-state index contributed by atoms with van der Waals surface area (Å²) >= 11 is 0. The van der Waals surface area contributed by atoms with Gasteiger partial charge in [-0.2, -0.15) is 5.26 Å². The summed E-state index contributed by atoms with van der Waals surface area (Å²) in [5.41, 5.74) is 1.20. The summed E-state index contributed by atoms with van der Waals surface area (Å²) in [6, 6.07) is 8.49. The zero-order valence-electron chi connectivity index (χ0n) is 12.8. The molecule has 21 heavy (non-hydrogen) atoms. The summed E-state index contributed by atoms with van der Waals surface area (Å²) in [6.07, 6.45) is 0. The number of hydrogen-bond acceptors (Lipinski definition) is 4. The summed E-state index contributed by atoms with van der Waals surface area (Å²) in [5.74, 6) is -0.0682. The molecule has 1 atom stereocenters. The highest BCUT2D eigenvalue weighted by Gasteiger charge is 2.16. The Balaban J connectivity index is 2.62. The molecule has 0 aliphatic heterocycles. The van der Waals surface area contributed by atoms with Crippen molar-refractivity contribution in [2.45, 2.75) is 32.6 Å². The quantitative estimate of drug-likeness (QED) is 0.793. The minimum atomic E-state index is -3.38. The zero-order valence-corrected chi connectivity index (χ0v) is 13.7. The van der Waals surface area contributed by atoms with Crippen molar-refractivity contribution in [3.05, 3.63) is 35.4 Å². The average Bonchev–Trinajstić information content (AvgIpc) is 2.44. The predicted molar refractivity (Wildman–Crippen MR) is 84.2 cm³/mol. The maximum atomic E-state index is 12.1. The van der Waals surface area contributed by atoms with E-state index in [1.54, 1.807) is 24.3 Å². The van der Waals surface area contributed by atoms with E-state index in [0.29, 0.717) is 17.7 Å². The van der Waals surface area contributed by atoms with Crippen molar-refractivity contribution in [2.75, 3.05) is 19.6 Å². The van der Waals surface area contributed by atoms with Gasteiger partial charge in [-0.25, -0.2) is 13.1 Å². The Hall–Kier alpha value is -1.42. The zero-order chi connectivity index (χ0) is 15.9. The van der Waals surface area contributed by atoms with Crippen molar-refractivity contribution >= 4 is 10.0 Å². The smallest absolute Gasteiger partial charge is 0.216 e. The topological polar surface area (TPSA) is 73.2 Å². The molecule has 1 unspecified atom stereocenters. The van der Waals surface area contributed by atoms with Crippen molar-refractivity contribution < 1.29 is 8.42 Å². The largest absolute Gasteiger partial charge is 0.302 e. The molecular formula is C15H23N3O2S. The van der Waals surface area contributed by atoms with Crippen LogP contribution in [-0.4, -0.2) is 39.0 Å². The molecule has 0 aliphatic rings. The Morgan fingerprint density at radius 2 is 1.81 bits per heavy atom. The minimum Gasteiger partial charge on any atom is -0.302 e. The molecule has 116 valence electrons. The molecule has 0 saturated heterocycles. The minimum absolute atomic E-state index is 0.0682. The van der Waals surface area contributed by atoms with E-state index in [4.69, 9.17) is 5.26 Å². The number of hydrogen-bond donors (Lipinski definition) is 1. The fourth-order valence-corrected chi connectivity index (χ4v) is 3.55. The molecule has 1 rings (SSSR count). The molecule has 0 aliphatic carbocycles. The first-order valence-corrected chi connectivity index (χ1v) is 8.76. The van der Waals surface area contributed by atoms with Gasteiger partial charge in [0.2, 0.25) is 10.0 Å². The number of nitrogens with one attached hydrogen (secondary N) is 1. The second-order valence-corrected chi connectivity index (χ2v) is 6.83. The van der Waals surface area contributed by atoms with Crippen molar-refractivity contribution in [3.63, 3.8) is 0 Å².